The van der Waals surface area contributed by atoms with Crippen LogP contribution in [0.15, 0.2) is 47.6 Å². The first-order valence-corrected chi connectivity index (χ1v) is 10.7. The van der Waals surface area contributed by atoms with Gasteiger partial charge in [-0.3, -0.25) is 4.79 Å². The molecule has 152 valence electrons. The molecular formula is C21H24ClN5OS. The second kappa shape index (κ2) is 9.80. The van der Waals surface area contributed by atoms with E-state index in [4.69, 9.17) is 11.6 Å². The van der Waals surface area contributed by atoms with Crippen LogP contribution in [-0.2, 0) is 17.9 Å². The molecule has 0 aliphatic carbocycles. The SMILES string of the molecule is CCn1c(CNc2ccc(C)cc2C)nnc1SCC(=O)Nc1cccc(Cl)c1. The van der Waals surface area contributed by atoms with Crippen LogP contribution in [0.3, 0.4) is 0 Å². The van der Waals surface area contributed by atoms with E-state index in [1.807, 2.05) is 11.5 Å². The van der Waals surface area contributed by atoms with Gasteiger partial charge in [-0.05, 0) is 50.6 Å². The summed E-state index contributed by atoms with van der Waals surface area (Å²) in [6, 6.07) is 13.4. The van der Waals surface area contributed by atoms with Crippen LogP contribution in [0.4, 0.5) is 11.4 Å². The van der Waals surface area contributed by atoms with Crippen molar-refractivity contribution in [2.75, 3.05) is 16.4 Å². The summed E-state index contributed by atoms with van der Waals surface area (Å²) in [6.07, 6.45) is 0. The highest BCUT2D eigenvalue weighted by atomic mass is 35.5. The lowest BCUT2D eigenvalue weighted by molar-refractivity contribution is -0.113. The van der Waals surface area contributed by atoms with Gasteiger partial charge in [0, 0.05) is 22.9 Å². The van der Waals surface area contributed by atoms with E-state index in [-0.39, 0.29) is 11.7 Å². The van der Waals surface area contributed by atoms with Crippen molar-refractivity contribution in [1.29, 1.82) is 0 Å². The smallest absolute Gasteiger partial charge is 0.234 e. The molecule has 0 bridgehead atoms. The lowest BCUT2D eigenvalue weighted by atomic mass is 10.1. The van der Waals surface area contributed by atoms with Gasteiger partial charge in [-0.2, -0.15) is 0 Å². The molecule has 1 amide bonds. The molecule has 8 heteroatoms. The minimum atomic E-state index is -0.113. The van der Waals surface area contributed by atoms with E-state index in [0.29, 0.717) is 17.3 Å². The number of rotatable bonds is 8. The first-order chi connectivity index (χ1) is 14.0. The second-order valence-corrected chi connectivity index (χ2v) is 8.04. The lowest BCUT2D eigenvalue weighted by Gasteiger charge is -2.11. The molecule has 2 aromatic carbocycles. The van der Waals surface area contributed by atoms with E-state index < -0.39 is 0 Å². The molecule has 0 aliphatic heterocycles. The summed E-state index contributed by atoms with van der Waals surface area (Å²) in [4.78, 5) is 12.2. The number of thioether (sulfide) groups is 1. The first-order valence-electron chi connectivity index (χ1n) is 9.37. The average molecular weight is 430 g/mol. The second-order valence-electron chi connectivity index (χ2n) is 6.66. The quantitative estimate of drug-likeness (QED) is 0.498. The number of hydrogen-bond acceptors (Lipinski definition) is 5. The fourth-order valence-corrected chi connectivity index (χ4v) is 3.97. The number of carbonyl (C=O) groups is 1. The monoisotopic (exact) mass is 429 g/mol. The summed E-state index contributed by atoms with van der Waals surface area (Å²) in [7, 11) is 0. The van der Waals surface area contributed by atoms with Crippen LogP contribution in [0.5, 0.6) is 0 Å². The van der Waals surface area contributed by atoms with Crippen molar-refractivity contribution in [2.24, 2.45) is 0 Å². The summed E-state index contributed by atoms with van der Waals surface area (Å²) in [5, 5.41) is 16.1. The largest absolute Gasteiger partial charge is 0.378 e. The molecule has 1 heterocycles. The first kappa shape index (κ1) is 21.2. The zero-order chi connectivity index (χ0) is 20.8. The number of aryl methyl sites for hydroxylation is 2. The van der Waals surface area contributed by atoms with Crippen LogP contribution < -0.4 is 10.6 Å². The molecule has 0 fully saturated rings. The molecule has 0 atom stereocenters. The number of benzene rings is 2. The van der Waals surface area contributed by atoms with Gasteiger partial charge in [0.1, 0.15) is 0 Å². The molecular weight excluding hydrogens is 406 g/mol. The van der Waals surface area contributed by atoms with Crippen LogP contribution in [0.25, 0.3) is 0 Å². The Morgan fingerprint density at radius 3 is 2.72 bits per heavy atom. The molecule has 0 unspecified atom stereocenters. The number of nitrogens with one attached hydrogen (secondary N) is 2. The average Bonchev–Trinajstić information content (AvgIpc) is 3.07. The Balaban J connectivity index is 1.59. The zero-order valence-electron chi connectivity index (χ0n) is 16.7. The third-order valence-electron chi connectivity index (χ3n) is 4.37. The van der Waals surface area contributed by atoms with Crippen molar-refractivity contribution in [2.45, 2.75) is 39.0 Å². The van der Waals surface area contributed by atoms with Crippen molar-refractivity contribution >= 4 is 40.6 Å². The highest BCUT2D eigenvalue weighted by Gasteiger charge is 2.13. The van der Waals surface area contributed by atoms with Crippen molar-refractivity contribution in [3.05, 3.63) is 64.4 Å². The number of hydrogen-bond donors (Lipinski definition) is 2. The van der Waals surface area contributed by atoms with E-state index in [1.54, 1.807) is 24.3 Å². The minimum absolute atomic E-state index is 0.113. The van der Waals surface area contributed by atoms with Gasteiger partial charge in [0.25, 0.3) is 0 Å². The number of aromatic nitrogens is 3. The highest BCUT2D eigenvalue weighted by Crippen LogP contribution is 2.21. The summed E-state index contributed by atoms with van der Waals surface area (Å²) >= 11 is 7.32. The van der Waals surface area contributed by atoms with E-state index in [0.717, 1.165) is 23.2 Å². The Kier molecular flexibility index (Phi) is 7.17. The Labute approximate surface area is 180 Å². The predicted molar refractivity (Wildman–Crippen MR) is 120 cm³/mol. The summed E-state index contributed by atoms with van der Waals surface area (Å²) < 4.78 is 2.02. The molecule has 0 saturated carbocycles. The molecule has 0 radical (unpaired) electrons. The van der Waals surface area contributed by atoms with Gasteiger partial charge < -0.3 is 15.2 Å². The normalized spacial score (nSPS) is 10.8. The maximum Gasteiger partial charge on any atom is 0.234 e. The molecule has 1 aromatic heterocycles. The predicted octanol–water partition coefficient (Wildman–Crippen LogP) is 4.91. The Morgan fingerprint density at radius 2 is 2.00 bits per heavy atom. The van der Waals surface area contributed by atoms with Crippen molar-refractivity contribution < 1.29 is 4.79 Å². The molecule has 3 aromatic rings. The van der Waals surface area contributed by atoms with Crippen LogP contribution in [0.1, 0.15) is 23.9 Å². The Morgan fingerprint density at radius 1 is 1.17 bits per heavy atom. The molecule has 2 N–H and O–H groups in total. The fraction of sp³-hybridized carbons (Fsp3) is 0.286. The standard InChI is InChI=1S/C21H24ClN5OS/c1-4-27-19(12-23-18-9-8-14(2)10-15(18)3)25-26-21(27)29-13-20(28)24-17-7-5-6-16(22)11-17/h5-11,23H,4,12-13H2,1-3H3,(H,24,28). The van der Waals surface area contributed by atoms with Gasteiger partial charge >= 0.3 is 0 Å². The van der Waals surface area contributed by atoms with E-state index in [2.05, 4.69) is 52.9 Å². The van der Waals surface area contributed by atoms with Crippen molar-refractivity contribution in [3.8, 4) is 0 Å². The van der Waals surface area contributed by atoms with Crippen LogP contribution in [0, 0.1) is 13.8 Å². The summed E-state index contributed by atoms with van der Waals surface area (Å²) in [6.45, 7) is 7.51. The summed E-state index contributed by atoms with van der Waals surface area (Å²) in [5.41, 5.74) is 4.19. The number of halogens is 1. The number of amides is 1. The highest BCUT2D eigenvalue weighted by molar-refractivity contribution is 7.99. The number of carbonyl (C=O) groups excluding carboxylic acids is 1. The molecule has 29 heavy (non-hydrogen) atoms. The lowest BCUT2D eigenvalue weighted by Crippen LogP contribution is -2.15. The van der Waals surface area contributed by atoms with E-state index in [9.17, 15) is 4.79 Å². The van der Waals surface area contributed by atoms with Gasteiger partial charge in [0.15, 0.2) is 11.0 Å². The number of nitrogens with zero attached hydrogens (tertiary/aromatic N) is 3. The Hall–Kier alpha value is -2.51. The van der Waals surface area contributed by atoms with Crippen molar-refractivity contribution in [1.82, 2.24) is 14.8 Å². The molecule has 0 aliphatic rings. The molecule has 6 nitrogen and oxygen atoms in total. The van der Waals surface area contributed by atoms with Crippen LogP contribution >= 0.6 is 23.4 Å². The van der Waals surface area contributed by atoms with Crippen LogP contribution in [-0.4, -0.2) is 26.4 Å². The Bertz CT molecular complexity index is 1000. The molecule has 0 saturated heterocycles. The van der Waals surface area contributed by atoms with Gasteiger partial charge in [0.05, 0.1) is 12.3 Å². The number of anilines is 2. The minimum Gasteiger partial charge on any atom is -0.378 e. The zero-order valence-corrected chi connectivity index (χ0v) is 18.3. The van der Waals surface area contributed by atoms with Gasteiger partial charge in [0.2, 0.25) is 5.91 Å². The summed E-state index contributed by atoms with van der Waals surface area (Å²) in [5.74, 6) is 0.970. The van der Waals surface area contributed by atoms with Crippen molar-refractivity contribution in [3.63, 3.8) is 0 Å². The van der Waals surface area contributed by atoms with Gasteiger partial charge in [-0.1, -0.05) is 47.1 Å². The molecule has 3 rings (SSSR count). The van der Waals surface area contributed by atoms with Gasteiger partial charge in [-0.25, -0.2) is 0 Å². The third-order valence-corrected chi connectivity index (χ3v) is 5.57. The maximum atomic E-state index is 12.2. The third kappa shape index (κ3) is 5.74. The van der Waals surface area contributed by atoms with E-state index >= 15 is 0 Å². The molecule has 0 spiro atoms. The fourth-order valence-electron chi connectivity index (χ4n) is 2.95. The maximum absolute atomic E-state index is 12.2. The topological polar surface area (TPSA) is 71.8 Å². The van der Waals surface area contributed by atoms with Gasteiger partial charge in [-0.15, -0.1) is 10.2 Å². The van der Waals surface area contributed by atoms with Crippen LogP contribution in [0.2, 0.25) is 5.02 Å². The van der Waals surface area contributed by atoms with E-state index in [1.165, 1.54) is 22.9 Å².